The van der Waals surface area contributed by atoms with Crippen LogP contribution >= 0.6 is 0 Å². The van der Waals surface area contributed by atoms with Crippen molar-refractivity contribution < 1.29 is 24.2 Å². The number of esters is 2. The SMILES string of the molecule is CC/C=C\C/C=C\C/C=C\C/C=C\C/C=C\C/C=C\C/C=C\C/C=C\C/C=C\CCCCCCCC(=O)OC(CO)COC(=O)CCCCCCCCCCCCCCCCCCCCCCCCCCC/C=C\C/C=C\CCCCCCC. The van der Waals surface area contributed by atoms with Gasteiger partial charge in [0.05, 0.1) is 6.61 Å². The Morgan fingerprint density at radius 3 is 0.774 bits per heavy atom. The molecule has 0 aromatic heterocycles. The summed E-state index contributed by atoms with van der Waals surface area (Å²) >= 11 is 0. The second-order valence-electron chi connectivity index (χ2n) is 23.6. The van der Waals surface area contributed by atoms with Crippen molar-refractivity contribution >= 4 is 11.9 Å². The number of allylic oxidation sites excluding steroid dienone is 22. The Morgan fingerprint density at radius 1 is 0.286 bits per heavy atom. The highest BCUT2D eigenvalue weighted by Crippen LogP contribution is 2.17. The average molecular weight is 1160 g/mol. The molecule has 5 heteroatoms. The predicted molar refractivity (Wildman–Crippen MR) is 371 cm³/mol. The van der Waals surface area contributed by atoms with E-state index in [-0.39, 0.29) is 25.2 Å². The summed E-state index contributed by atoms with van der Waals surface area (Å²) in [6.07, 6.45) is 109. The molecule has 0 spiro atoms. The summed E-state index contributed by atoms with van der Waals surface area (Å²) in [5.74, 6) is -0.608. The summed E-state index contributed by atoms with van der Waals surface area (Å²) < 4.78 is 10.7. The lowest BCUT2D eigenvalue weighted by atomic mass is 10.0. The minimum atomic E-state index is -0.792. The molecule has 0 aliphatic carbocycles. The first-order valence-electron chi connectivity index (χ1n) is 35.7. The van der Waals surface area contributed by atoms with E-state index < -0.39 is 6.10 Å². The van der Waals surface area contributed by atoms with E-state index in [2.05, 4.69) is 148 Å². The first kappa shape index (κ1) is 80.0. The molecule has 1 N–H and O–H groups in total. The first-order chi connectivity index (χ1) is 41.6. The van der Waals surface area contributed by atoms with Gasteiger partial charge in [-0.15, -0.1) is 0 Å². The summed E-state index contributed by atoms with van der Waals surface area (Å²) in [5, 5.41) is 9.70. The van der Waals surface area contributed by atoms with Crippen LogP contribution in [0.15, 0.2) is 134 Å². The minimum Gasteiger partial charge on any atom is -0.462 e. The van der Waals surface area contributed by atoms with Crippen LogP contribution in [0.4, 0.5) is 0 Å². The van der Waals surface area contributed by atoms with Gasteiger partial charge in [0.1, 0.15) is 6.61 Å². The van der Waals surface area contributed by atoms with Crippen LogP contribution in [0.2, 0.25) is 0 Å². The quantitative estimate of drug-likeness (QED) is 0.0373. The number of rotatable bonds is 65. The highest BCUT2D eigenvalue weighted by atomic mass is 16.6. The highest BCUT2D eigenvalue weighted by Gasteiger charge is 2.16. The maximum Gasteiger partial charge on any atom is 0.306 e. The van der Waals surface area contributed by atoms with Crippen molar-refractivity contribution in [2.24, 2.45) is 0 Å². The lowest BCUT2D eigenvalue weighted by Crippen LogP contribution is -2.28. The van der Waals surface area contributed by atoms with Gasteiger partial charge >= 0.3 is 11.9 Å². The third-order valence-electron chi connectivity index (χ3n) is 15.4. The molecule has 480 valence electrons. The normalized spacial score (nSPS) is 13.0. The van der Waals surface area contributed by atoms with E-state index >= 15 is 0 Å². The molecule has 0 amide bonds. The molecule has 0 aliphatic rings. The van der Waals surface area contributed by atoms with Crippen LogP contribution in [-0.4, -0.2) is 36.4 Å². The zero-order valence-electron chi connectivity index (χ0n) is 55.1. The van der Waals surface area contributed by atoms with Gasteiger partial charge in [0.2, 0.25) is 0 Å². The maximum atomic E-state index is 12.4. The number of aliphatic hydroxyl groups excluding tert-OH is 1. The lowest BCUT2D eigenvalue weighted by molar-refractivity contribution is -0.161. The van der Waals surface area contributed by atoms with Gasteiger partial charge in [0.25, 0.3) is 0 Å². The molecule has 0 bridgehead atoms. The maximum absolute atomic E-state index is 12.4. The van der Waals surface area contributed by atoms with E-state index in [0.29, 0.717) is 12.8 Å². The fourth-order valence-corrected chi connectivity index (χ4v) is 10.1. The van der Waals surface area contributed by atoms with Gasteiger partial charge in [-0.3, -0.25) is 9.59 Å². The molecule has 0 rings (SSSR count). The van der Waals surface area contributed by atoms with E-state index in [9.17, 15) is 14.7 Å². The molecule has 1 atom stereocenters. The lowest BCUT2D eigenvalue weighted by Gasteiger charge is -2.15. The molecular weight excluding hydrogens is 1030 g/mol. The van der Waals surface area contributed by atoms with Crippen LogP contribution in [0.25, 0.3) is 0 Å². The van der Waals surface area contributed by atoms with E-state index in [1.54, 1.807) is 0 Å². The Balaban J connectivity index is 3.51. The van der Waals surface area contributed by atoms with Crippen molar-refractivity contribution in [2.75, 3.05) is 13.2 Å². The fraction of sp³-hybridized carbons (Fsp3) is 0.696. The van der Waals surface area contributed by atoms with Crippen LogP contribution < -0.4 is 0 Å². The summed E-state index contributed by atoms with van der Waals surface area (Å²) in [6.45, 7) is 4.02. The molecule has 0 radical (unpaired) electrons. The van der Waals surface area contributed by atoms with Crippen LogP contribution in [0.5, 0.6) is 0 Å². The summed E-state index contributed by atoms with van der Waals surface area (Å²) in [4.78, 5) is 24.7. The number of hydrogen-bond acceptors (Lipinski definition) is 5. The van der Waals surface area contributed by atoms with Gasteiger partial charge < -0.3 is 14.6 Å². The van der Waals surface area contributed by atoms with Crippen molar-refractivity contribution in [3.8, 4) is 0 Å². The standard InChI is InChI=1S/C79H134O5/c1-3-5-7-9-11-13-15-17-19-21-23-25-27-29-31-33-35-37-38-39-40-42-43-45-47-49-51-53-55-57-59-61-63-65-67-69-71-73-78(81)83-76-77(75-80)84-79(82)74-72-70-68-66-64-62-60-58-56-54-52-50-48-46-44-41-36-34-32-30-28-26-24-22-20-18-16-14-12-10-8-6-4-2/h6,8,12,14-15,17-18,20-21,23-24,26,30,32,36,41,46,48,52,54,58,60,77,80H,3-5,7,9-11,13,16,19,22,25,27-29,31,33-35,37-40,42-45,47,49-51,53,55-57,59,61-76H2,1-2H3/b8-6-,14-12-,17-15-,20-18-,23-21-,26-24-,32-30-,41-36-,48-46-,54-52-,60-58-. The number of aliphatic hydroxyl groups is 1. The molecule has 0 aliphatic heterocycles. The minimum absolute atomic E-state index is 0.0784. The van der Waals surface area contributed by atoms with Crippen molar-refractivity contribution in [2.45, 2.75) is 341 Å². The predicted octanol–water partition coefficient (Wildman–Crippen LogP) is 25.1. The van der Waals surface area contributed by atoms with E-state index in [1.807, 2.05) is 0 Å². The largest absolute Gasteiger partial charge is 0.462 e. The summed E-state index contributed by atoms with van der Waals surface area (Å²) in [7, 11) is 0. The second kappa shape index (κ2) is 73.3. The van der Waals surface area contributed by atoms with Gasteiger partial charge in [-0.1, -0.05) is 340 Å². The molecule has 5 nitrogen and oxygen atoms in total. The van der Waals surface area contributed by atoms with E-state index in [4.69, 9.17) is 9.47 Å². The molecule has 0 saturated heterocycles. The van der Waals surface area contributed by atoms with Crippen LogP contribution in [0, 0.1) is 0 Å². The molecular formula is C79H134O5. The van der Waals surface area contributed by atoms with Crippen LogP contribution in [-0.2, 0) is 19.1 Å². The van der Waals surface area contributed by atoms with Crippen LogP contribution in [0.3, 0.4) is 0 Å². The van der Waals surface area contributed by atoms with Crippen molar-refractivity contribution in [3.05, 3.63) is 134 Å². The number of unbranched alkanes of at least 4 members (excludes halogenated alkanes) is 35. The third kappa shape index (κ3) is 70.5. The van der Waals surface area contributed by atoms with Crippen molar-refractivity contribution in [3.63, 3.8) is 0 Å². The highest BCUT2D eigenvalue weighted by molar-refractivity contribution is 5.70. The molecule has 0 aromatic carbocycles. The molecule has 0 saturated carbocycles. The van der Waals surface area contributed by atoms with E-state index in [1.165, 1.54) is 186 Å². The monoisotopic (exact) mass is 1160 g/mol. The summed E-state index contributed by atoms with van der Waals surface area (Å²) in [6, 6.07) is 0. The smallest absolute Gasteiger partial charge is 0.306 e. The van der Waals surface area contributed by atoms with Crippen LogP contribution in [0.1, 0.15) is 335 Å². The Bertz CT molecular complexity index is 1700. The van der Waals surface area contributed by atoms with Gasteiger partial charge in [-0.05, 0) is 116 Å². The Labute approximate surface area is 521 Å². The second-order valence-corrected chi connectivity index (χ2v) is 23.6. The van der Waals surface area contributed by atoms with Gasteiger partial charge in [-0.25, -0.2) is 0 Å². The molecule has 0 fully saturated rings. The molecule has 0 aromatic rings. The number of carbonyl (C=O) groups is 2. The van der Waals surface area contributed by atoms with Gasteiger partial charge in [0.15, 0.2) is 6.10 Å². The molecule has 1 unspecified atom stereocenters. The Hall–Kier alpha value is -3.96. The van der Waals surface area contributed by atoms with E-state index in [0.717, 1.165) is 122 Å². The zero-order chi connectivity index (χ0) is 60.5. The van der Waals surface area contributed by atoms with Crippen molar-refractivity contribution in [1.82, 2.24) is 0 Å². The van der Waals surface area contributed by atoms with Crippen molar-refractivity contribution in [1.29, 1.82) is 0 Å². The van der Waals surface area contributed by atoms with Gasteiger partial charge in [-0.2, -0.15) is 0 Å². The van der Waals surface area contributed by atoms with Gasteiger partial charge in [0, 0.05) is 12.8 Å². The summed E-state index contributed by atoms with van der Waals surface area (Å²) in [5.41, 5.74) is 0. The number of ether oxygens (including phenoxy) is 2. The zero-order valence-corrected chi connectivity index (χ0v) is 55.1. The third-order valence-corrected chi connectivity index (χ3v) is 15.4. The Morgan fingerprint density at radius 2 is 0.512 bits per heavy atom. The molecule has 0 heterocycles. The fourth-order valence-electron chi connectivity index (χ4n) is 10.1. The molecule has 84 heavy (non-hydrogen) atoms. The Kier molecular flexibility index (Phi) is 69.8. The number of hydrogen-bond donors (Lipinski definition) is 1. The topological polar surface area (TPSA) is 72.8 Å². The first-order valence-corrected chi connectivity index (χ1v) is 35.7. The number of carbonyl (C=O) groups excluding carboxylic acids is 2. The average Bonchev–Trinajstić information content (AvgIpc) is 3.51.